The number of unbranched alkanes of at least 4 members (excludes halogenated alkanes) is 5. The van der Waals surface area contributed by atoms with Crippen LogP contribution in [0.5, 0.6) is 0 Å². The molecule has 1 N–H and O–H groups in total. The van der Waals surface area contributed by atoms with Crippen molar-refractivity contribution in [2.45, 2.75) is 57.0 Å². The molecule has 0 heterocycles. The molecule has 0 aliphatic rings. The Morgan fingerprint density at radius 3 is 1.67 bits per heavy atom. The Bertz CT molecular complexity index is 310. The molecular formula is C9H18O7P2-4. The highest BCUT2D eigenvalue weighted by molar-refractivity contribution is 7.69. The molecule has 0 radical (unpaired) electrons. The van der Waals surface area contributed by atoms with Crippen LogP contribution in [0.15, 0.2) is 0 Å². The van der Waals surface area contributed by atoms with Crippen molar-refractivity contribution < 1.29 is 33.8 Å². The molecule has 0 rings (SSSR count). The van der Waals surface area contributed by atoms with Gasteiger partial charge in [-0.05, 0) is 28.0 Å². The summed E-state index contributed by atoms with van der Waals surface area (Å²) in [5.74, 6) is 0. The zero-order valence-electron chi connectivity index (χ0n) is 10.2. The Labute approximate surface area is 107 Å². The minimum Gasteiger partial charge on any atom is -0.808 e. The molecule has 0 amide bonds. The average molecular weight is 300 g/mol. The Kier molecular flexibility index (Phi) is 7.26. The SMILES string of the molecule is CCCCCCCCC(O)(P(=O)([O-])[O-])P(=O)([O-])[O-]. The fourth-order valence-electron chi connectivity index (χ4n) is 1.57. The van der Waals surface area contributed by atoms with Gasteiger partial charge in [0.25, 0.3) is 0 Å². The molecule has 0 unspecified atom stereocenters. The minimum atomic E-state index is -5.90. The van der Waals surface area contributed by atoms with E-state index in [0.29, 0.717) is 6.42 Å². The van der Waals surface area contributed by atoms with Gasteiger partial charge in [-0.25, -0.2) is 0 Å². The van der Waals surface area contributed by atoms with Gasteiger partial charge in [0.15, 0.2) is 0 Å². The van der Waals surface area contributed by atoms with Gasteiger partial charge in [0.05, 0.1) is 0 Å². The van der Waals surface area contributed by atoms with E-state index < -0.39 is 26.7 Å². The molecule has 0 bridgehead atoms. The van der Waals surface area contributed by atoms with Gasteiger partial charge in [-0.3, -0.25) is 0 Å². The lowest BCUT2D eigenvalue weighted by atomic mass is 10.1. The third-order valence-electron chi connectivity index (χ3n) is 2.74. The van der Waals surface area contributed by atoms with Crippen molar-refractivity contribution in [2.75, 3.05) is 0 Å². The molecule has 0 saturated heterocycles. The van der Waals surface area contributed by atoms with Gasteiger partial charge in [-0.15, -0.1) is 0 Å². The van der Waals surface area contributed by atoms with Crippen molar-refractivity contribution in [3.63, 3.8) is 0 Å². The maximum atomic E-state index is 10.7. The molecule has 9 heteroatoms. The van der Waals surface area contributed by atoms with Crippen LogP contribution in [0.2, 0.25) is 0 Å². The normalized spacial score (nSPS) is 13.9. The molecule has 0 aromatic heterocycles. The van der Waals surface area contributed by atoms with Gasteiger partial charge in [-0.2, -0.15) is 0 Å². The standard InChI is InChI=1S/C9H22O7P2/c1-2-3-4-5-6-7-8-9(10,17(11,12)13)18(14,15)16/h10H,2-8H2,1H3,(H2,11,12,13)(H2,14,15,16)/p-4. The van der Waals surface area contributed by atoms with Crippen molar-refractivity contribution in [2.24, 2.45) is 0 Å². The lowest BCUT2D eigenvalue weighted by molar-refractivity contribution is -0.349. The molecule has 0 aromatic carbocycles. The molecular weight excluding hydrogens is 282 g/mol. The summed E-state index contributed by atoms with van der Waals surface area (Å²) in [7, 11) is -11.8. The molecule has 0 atom stereocenters. The molecule has 0 fully saturated rings. The molecule has 0 saturated carbocycles. The second-order valence-electron chi connectivity index (χ2n) is 4.29. The fraction of sp³-hybridized carbons (Fsp3) is 1.00. The second-order valence-corrected chi connectivity index (χ2v) is 8.11. The van der Waals surface area contributed by atoms with Gasteiger partial charge in [0.1, 0.15) is 5.08 Å². The summed E-state index contributed by atoms with van der Waals surface area (Å²) in [4.78, 5) is 42.9. The lowest BCUT2D eigenvalue weighted by Crippen LogP contribution is -2.45. The summed E-state index contributed by atoms with van der Waals surface area (Å²) in [6, 6.07) is 0. The van der Waals surface area contributed by atoms with Crippen LogP contribution in [-0.2, 0) is 9.13 Å². The molecule has 18 heavy (non-hydrogen) atoms. The smallest absolute Gasteiger partial charge is 0.117 e. The molecule has 0 aliphatic carbocycles. The number of aliphatic hydroxyl groups is 1. The van der Waals surface area contributed by atoms with E-state index in [1.54, 1.807) is 0 Å². The Morgan fingerprint density at radius 1 is 0.889 bits per heavy atom. The van der Waals surface area contributed by atoms with Crippen LogP contribution < -0.4 is 19.6 Å². The van der Waals surface area contributed by atoms with E-state index in [-0.39, 0.29) is 6.42 Å². The van der Waals surface area contributed by atoms with Crippen molar-refractivity contribution in [1.29, 1.82) is 0 Å². The monoisotopic (exact) mass is 300 g/mol. The van der Waals surface area contributed by atoms with Crippen LogP contribution in [0.25, 0.3) is 0 Å². The molecule has 0 aromatic rings. The first-order valence-corrected chi connectivity index (χ1v) is 8.91. The van der Waals surface area contributed by atoms with E-state index >= 15 is 0 Å². The maximum Gasteiger partial charge on any atom is 0.117 e. The summed E-state index contributed by atoms with van der Waals surface area (Å²) in [6.07, 6.45) is 3.24. The highest BCUT2D eigenvalue weighted by atomic mass is 31.2. The van der Waals surface area contributed by atoms with E-state index in [1.807, 2.05) is 6.92 Å². The maximum absolute atomic E-state index is 10.7. The summed E-state index contributed by atoms with van der Waals surface area (Å²) in [5, 5.41) is 5.62. The van der Waals surface area contributed by atoms with E-state index in [1.165, 1.54) is 0 Å². The largest absolute Gasteiger partial charge is 0.808 e. The highest BCUT2D eigenvalue weighted by Crippen LogP contribution is 2.61. The van der Waals surface area contributed by atoms with Crippen molar-refractivity contribution in [3.05, 3.63) is 0 Å². The first kappa shape index (κ1) is 18.3. The Hall–Kier alpha value is 0.260. The zero-order valence-corrected chi connectivity index (χ0v) is 12.0. The van der Waals surface area contributed by atoms with E-state index in [9.17, 15) is 33.8 Å². The van der Waals surface area contributed by atoms with Crippen molar-refractivity contribution >= 4 is 15.2 Å². The molecule has 7 nitrogen and oxygen atoms in total. The predicted octanol–water partition coefficient (Wildman–Crippen LogP) is -0.789. The summed E-state index contributed by atoms with van der Waals surface area (Å²) >= 11 is 0. The van der Waals surface area contributed by atoms with Crippen molar-refractivity contribution in [3.8, 4) is 0 Å². The third-order valence-corrected chi connectivity index (χ3v) is 6.41. The Balaban J connectivity index is 4.40. The zero-order chi connectivity index (χ0) is 14.4. The number of hydrogen-bond donors (Lipinski definition) is 1. The van der Waals surface area contributed by atoms with Gasteiger partial charge < -0.3 is 33.8 Å². The topological polar surface area (TPSA) is 147 Å². The summed E-state index contributed by atoms with van der Waals surface area (Å²) in [5.41, 5.74) is 0. The summed E-state index contributed by atoms with van der Waals surface area (Å²) < 4.78 is 21.4. The lowest BCUT2D eigenvalue weighted by Gasteiger charge is -2.56. The molecule has 0 spiro atoms. The molecule has 0 aliphatic heterocycles. The highest BCUT2D eigenvalue weighted by Gasteiger charge is 2.34. The summed E-state index contributed by atoms with van der Waals surface area (Å²) in [6.45, 7) is 2.01. The van der Waals surface area contributed by atoms with Crippen LogP contribution in [-0.4, -0.2) is 10.2 Å². The third kappa shape index (κ3) is 5.10. The van der Waals surface area contributed by atoms with E-state index in [2.05, 4.69) is 0 Å². The predicted molar refractivity (Wildman–Crippen MR) is 58.2 cm³/mol. The van der Waals surface area contributed by atoms with E-state index in [0.717, 1.165) is 25.7 Å². The van der Waals surface area contributed by atoms with Gasteiger partial charge in [-0.1, -0.05) is 39.0 Å². The van der Waals surface area contributed by atoms with E-state index in [4.69, 9.17) is 0 Å². The van der Waals surface area contributed by atoms with Crippen LogP contribution >= 0.6 is 15.2 Å². The van der Waals surface area contributed by atoms with Gasteiger partial charge in [0.2, 0.25) is 0 Å². The van der Waals surface area contributed by atoms with Crippen LogP contribution in [0, 0.1) is 0 Å². The minimum absolute atomic E-state index is 0.00313. The van der Waals surface area contributed by atoms with Gasteiger partial charge in [0, 0.05) is 0 Å². The molecule has 110 valence electrons. The second kappa shape index (κ2) is 7.15. The first-order chi connectivity index (χ1) is 8.06. The first-order valence-electron chi connectivity index (χ1n) is 5.83. The quantitative estimate of drug-likeness (QED) is 0.433. The fourth-order valence-corrected chi connectivity index (χ4v) is 3.63. The number of hydrogen-bond acceptors (Lipinski definition) is 7. The van der Waals surface area contributed by atoms with Gasteiger partial charge >= 0.3 is 0 Å². The number of rotatable bonds is 9. The van der Waals surface area contributed by atoms with Crippen LogP contribution in [0.4, 0.5) is 0 Å². The average Bonchev–Trinajstić information content (AvgIpc) is 2.19. The van der Waals surface area contributed by atoms with Crippen LogP contribution in [0.1, 0.15) is 51.9 Å². The Morgan fingerprint density at radius 2 is 1.28 bits per heavy atom. The van der Waals surface area contributed by atoms with Crippen LogP contribution in [0.3, 0.4) is 0 Å². The van der Waals surface area contributed by atoms with Crippen molar-refractivity contribution in [1.82, 2.24) is 0 Å².